The molecule has 1 rings (SSSR count). The molecule has 5 heteroatoms. The van der Waals surface area contributed by atoms with E-state index >= 15 is 0 Å². The van der Waals surface area contributed by atoms with Crippen molar-refractivity contribution in [1.29, 1.82) is 0 Å². The predicted octanol–water partition coefficient (Wildman–Crippen LogP) is 2.14. The summed E-state index contributed by atoms with van der Waals surface area (Å²) >= 11 is 1.45. The van der Waals surface area contributed by atoms with Gasteiger partial charge in [0.15, 0.2) is 0 Å². The van der Waals surface area contributed by atoms with Crippen molar-refractivity contribution in [2.45, 2.75) is 37.7 Å². The highest BCUT2D eigenvalue weighted by molar-refractivity contribution is 8.00. The van der Waals surface area contributed by atoms with E-state index < -0.39 is 6.10 Å². The monoisotopic (exact) mass is 268 g/mol. The zero-order valence-corrected chi connectivity index (χ0v) is 11.7. The number of aliphatic hydroxyl groups excluding tert-OH is 1. The number of rotatable bonds is 7. The first kappa shape index (κ1) is 15.0. The molecule has 0 bridgehead atoms. The van der Waals surface area contributed by atoms with Crippen LogP contribution in [0.3, 0.4) is 0 Å². The molecular weight excluding hydrogens is 248 g/mol. The molecule has 0 radical (unpaired) electrons. The smallest absolute Gasteiger partial charge is 0.230 e. The molecule has 0 spiro atoms. The predicted molar refractivity (Wildman–Crippen MR) is 73.5 cm³/mol. The molecule has 0 aliphatic rings. The maximum absolute atomic E-state index is 11.4. The molecule has 18 heavy (non-hydrogen) atoms. The van der Waals surface area contributed by atoms with Gasteiger partial charge in [-0.15, -0.1) is 11.8 Å². The Balaban J connectivity index is 2.41. The van der Waals surface area contributed by atoms with Crippen LogP contribution >= 0.6 is 11.8 Å². The van der Waals surface area contributed by atoms with Gasteiger partial charge in [0.25, 0.3) is 0 Å². The standard InChI is InChI=1S/C13H20N2O2S/c1-3-7-14-13(17)9-18-10-5-6-11(15-8-10)12(16)4-2/h5-6,8,12,16H,3-4,7,9H2,1-2H3,(H,14,17)/t12-/m1/s1. The molecule has 1 heterocycles. The molecule has 0 aliphatic heterocycles. The van der Waals surface area contributed by atoms with Gasteiger partial charge < -0.3 is 10.4 Å². The van der Waals surface area contributed by atoms with E-state index in [1.54, 1.807) is 12.3 Å². The molecule has 0 fully saturated rings. The average molecular weight is 268 g/mol. The Morgan fingerprint density at radius 2 is 2.28 bits per heavy atom. The SMILES string of the molecule is CCCNC(=O)CSc1ccc([C@H](O)CC)nc1. The van der Waals surface area contributed by atoms with E-state index in [0.717, 1.165) is 17.9 Å². The first-order valence-corrected chi connectivity index (χ1v) is 7.19. The largest absolute Gasteiger partial charge is 0.387 e. The lowest BCUT2D eigenvalue weighted by Gasteiger charge is -2.07. The number of nitrogens with zero attached hydrogens (tertiary/aromatic N) is 1. The summed E-state index contributed by atoms with van der Waals surface area (Å²) < 4.78 is 0. The van der Waals surface area contributed by atoms with Crippen LogP contribution in [0.5, 0.6) is 0 Å². The van der Waals surface area contributed by atoms with E-state index in [1.807, 2.05) is 19.9 Å². The third-order valence-electron chi connectivity index (χ3n) is 2.43. The lowest BCUT2D eigenvalue weighted by atomic mass is 10.2. The highest BCUT2D eigenvalue weighted by atomic mass is 32.2. The summed E-state index contributed by atoms with van der Waals surface area (Å²) in [5, 5.41) is 12.4. The van der Waals surface area contributed by atoms with Gasteiger partial charge in [-0.25, -0.2) is 0 Å². The van der Waals surface area contributed by atoms with Crippen molar-refractivity contribution in [2.75, 3.05) is 12.3 Å². The molecule has 0 aliphatic carbocycles. The number of nitrogens with one attached hydrogen (secondary N) is 1. The fraction of sp³-hybridized carbons (Fsp3) is 0.538. The molecule has 4 nitrogen and oxygen atoms in total. The molecule has 0 unspecified atom stereocenters. The van der Waals surface area contributed by atoms with Gasteiger partial charge in [0.05, 0.1) is 17.6 Å². The van der Waals surface area contributed by atoms with Gasteiger partial charge in [-0.2, -0.15) is 0 Å². The third kappa shape index (κ3) is 5.06. The first-order chi connectivity index (χ1) is 8.67. The van der Waals surface area contributed by atoms with Crippen LogP contribution in [0.4, 0.5) is 0 Å². The number of aromatic nitrogens is 1. The normalized spacial score (nSPS) is 12.2. The van der Waals surface area contributed by atoms with Crippen LogP contribution in [-0.4, -0.2) is 28.3 Å². The number of aliphatic hydroxyl groups is 1. The van der Waals surface area contributed by atoms with Gasteiger partial charge in [-0.3, -0.25) is 9.78 Å². The van der Waals surface area contributed by atoms with Crippen molar-refractivity contribution >= 4 is 17.7 Å². The zero-order valence-electron chi connectivity index (χ0n) is 10.8. The van der Waals surface area contributed by atoms with Gasteiger partial charge in [-0.1, -0.05) is 13.8 Å². The van der Waals surface area contributed by atoms with Crippen molar-refractivity contribution in [3.63, 3.8) is 0 Å². The number of hydrogen-bond donors (Lipinski definition) is 2. The lowest BCUT2D eigenvalue weighted by Crippen LogP contribution is -2.25. The summed E-state index contributed by atoms with van der Waals surface area (Å²) in [4.78, 5) is 16.5. The fourth-order valence-corrected chi connectivity index (χ4v) is 2.04. The van der Waals surface area contributed by atoms with Crippen molar-refractivity contribution in [3.05, 3.63) is 24.0 Å². The van der Waals surface area contributed by atoms with E-state index in [0.29, 0.717) is 17.9 Å². The van der Waals surface area contributed by atoms with Crippen molar-refractivity contribution in [1.82, 2.24) is 10.3 Å². The zero-order chi connectivity index (χ0) is 13.4. The second kappa shape index (κ2) is 8.11. The Morgan fingerprint density at radius 1 is 1.50 bits per heavy atom. The van der Waals surface area contributed by atoms with Gasteiger partial charge >= 0.3 is 0 Å². The molecule has 2 N–H and O–H groups in total. The molecule has 100 valence electrons. The summed E-state index contributed by atoms with van der Waals surface area (Å²) in [7, 11) is 0. The van der Waals surface area contributed by atoms with Crippen molar-refractivity contribution in [3.8, 4) is 0 Å². The van der Waals surface area contributed by atoms with Crippen LogP contribution < -0.4 is 5.32 Å². The van der Waals surface area contributed by atoms with Crippen molar-refractivity contribution < 1.29 is 9.90 Å². The molecular formula is C13H20N2O2S. The Bertz CT molecular complexity index is 368. The third-order valence-corrected chi connectivity index (χ3v) is 3.41. The van der Waals surface area contributed by atoms with Crippen LogP contribution in [0.25, 0.3) is 0 Å². The van der Waals surface area contributed by atoms with Crippen LogP contribution in [0.15, 0.2) is 23.2 Å². The van der Waals surface area contributed by atoms with E-state index in [9.17, 15) is 9.90 Å². The minimum atomic E-state index is -0.503. The Kier molecular flexibility index (Phi) is 6.75. The molecule has 1 aromatic heterocycles. The van der Waals surface area contributed by atoms with Gasteiger partial charge in [0.1, 0.15) is 0 Å². The van der Waals surface area contributed by atoms with Crippen molar-refractivity contribution in [2.24, 2.45) is 0 Å². The highest BCUT2D eigenvalue weighted by Gasteiger charge is 2.07. The molecule has 1 atom stereocenters. The van der Waals surface area contributed by atoms with E-state index in [2.05, 4.69) is 10.3 Å². The topological polar surface area (TPSA) is 62.2 Å². The summed E-state index contributed by atoms with van der Waals surface area (Å²) in [6, 6.07) is 3.69. The molecule has 0 aromatic carbocycles. The van der Waals surface area contributed by atoms with Crippen LogP contribution in [0.2, 0.25) is 0 Å². The number of amides is 1. The van der Waals surface area contributed by atoms with Crippen LogP contribution in [0, 0.1) is 0 Å². The number of thioether (sulfide) groups is 1. The number of pyridine rings is 1. The van der Waals surface area contributed by atoms with Gasteiger partial charge in [0, 0.05) is 17.6 Å². The molecule has 0 saturated heterocycles. The number of carbonyl (C=O) groups excluding carboxylic acids is 1. The molecule has 1 amide bonds. The van der Waals surface area contributed by atoms with E-state index in [4.69, 9.17) is 0 Å². The summed E-state index contributed by atoms with van der Waals surface area (Å²) in [5.41, 5.74) is 0.678. The molecule has 0 saturated carbocycles. The van der Waals surface area contributed by atoms with E-state index in [1.165, 1.54) is 11.8 Å². The minimum absolute atomic E-state index is 0.0412. The Labute approximate surface area is 112 Å². The Morgan fingerprint density at radius 3 is 2.83 bits per heavy atom. The van der Waals surface area contributed by atoms with Gasteiger partial charge in [-0.05, 0) is 25.0 Å². The highest BCUT2D eigenvalue weighted by Crippen LogP contribution is 2.19. The first-order valence-electron chi connectivity index (χ1n) is 6.20. The maximum Gasteiger partial charge on any atom is 0.230 e. The number of carbonyl (C=O) groups is 1. The van der Waals surface area contributed by atoms with Crippen LogP contribution in [-0.2, 0) is 4.79 Å². The number of hydrogen-bond acceptors (Lipinski definition) is 4. The second-order valence-electron chi connectivity index (χ2n) is 3.98. The second-order valence-corrected chi connectivity index (χ2v) is 5.03. The Hall–Kier alpha value is -1.07. The minimum Gasteiger partial charge on any atom is -0.387 e. The summed E-state index contributed by atoms with van der Waals surface area (Å²) in [6.45, 7) is 4.65. The quantitative estimate of drug-likeness (QED) is 0.744. The maximum atomic E-state index is 11.4. The van der Waals surface area contributed by atoms with Crippen LogP contribution in [0.1, 0.15) is 38.5 Å². The molecule has 1 aromatic rings. The fourth-order valence-electron chi connectivity index (χ4n) is 1.35. The summed E-state index contributed by atoms with van der Waals surface area (Å²) in [6.07, 6.45) is 2.80. The van der Waals surface area contributed by atoms with Gasteiger partial charge in [0.2, 0.25) is 5.91 Å². The summed E-state index contributed by atoms with van der Waals surface area (Å²) in [5.74, 6) is 0.441. The van der Waals surface area contributed by atoms with E-state index in [-0.39, 0.29) is 5.91 Å². The average Bonchev–Trinajstić information content (AvgIpc) is 2.42. The lowest BCUT2D eigenvalue weighted by molar-refractivity contribution is -0.118.